The van der Waals surface area contributed by atoms with Crippen molar-refractivity contribution in [1.29, 1.82) is 0 Å². The topological polar surface area (TPSA) is 108 Å². The smallest absolute Gasteiger partial charge is 0.259 e. The Kier molecular flexibility index (Phi) is 6.72. The summed E-state index contributed by atoms with van der Waals surface area (Å²) < 4.78 is 1.38. The molecule has 2 aliphatic heterocycles. The second-order valence-electron chi connectivity index (χ2n) is 8.97. The van der Waals surface area contributed by atoms with Gasteiger partial charge in [0, 0.05) is 30.1 Å². The van der Waals surface area contributed by atoms with E-state index in [2.05, 4.69) is 15.3 Å². The van der Waals surface area contributed by atoms with Gasteiger partial charge in [0.25, 0.3) is 11.5 Å². The van der Waals surface area contributed by atoms with Gasteiger partial charge in [-0.1, -0.05) is 65.8 Å². The monoisotopic (exact) mass is 556 g/mol. The van der Waals surface area contributed by atoms with Crippen molar-refractivity contribution in [2.45, 2.75) is 24.8 Å². The zero-order chi connectivity index (χ0) is 26.9. The van der Waals surface area contributed by atoms with E-state index in [0.717, 1.165) is 11.1 Å². The van der Waals surface area contributed by atoms with E-state index in [1.807, 2.05) is 54.6 Å². The average Bonchev–Trinajstić information content (AvgIpc) is 3.27. The Balaban J connectivity index is 1.22. The fraction of sp³-hybridized carbons (Fsp3) is 0.143. The molecular formula is C28H21ClN6O3S. The number of thioether (sulfide) groups is 1. The molecule has 39 heavy (non-hydrogen) atoms. The van der Waals surface area contributed by atoms with Crippen molar-refractivity contribution in [3.63, 3.8) is 0 Å². The Hall–Kier alpha value is -4.28. The van der Waals surface area contributed by atoms with Crippen molar-refractivity contribution in [2.24, 2.45) is 9.98 Å². The third kappa shape index (κ3) is 5.08. The number of rotatable bonds is 6. The molecule has 4 aromatic rings. The number of pyridine rings is 1. The normalized spacial score (nSPS) is 16.0. The molecule has 11 heteroatoms. The number of amides is 2. The van der Waals surface area contributed by atoms with Crippen molar-refractivity contribution in [2.75, 3.05) is 0 Å². The van der Waals surface area contributed by atoms with Crippen LogP contribution in [0.4, 0.5) is 5.69 Å². The Morgan fingerprint density at radius 3 is 2.67 bits per heavy atom. The maximum atomic E-state index is 13.5. The molecule has 0 fully saturated rings. The maximum absolute atomic E-state index is 13.5. The highest BCUT2D eigenvalue weighted by molar-refractivity contribution is 8.13. The molecule has 0 saturated heterocycles. The fourth-order valence-electron chi connectivity index (χ4n) is 4.41. The molecule has 0 aliphatic carbocycles. The molecule has 4 heterocycles. The van der Waals surface area contributed by atoms with E-state index in [0.29, 0.717) is 45.4 Å². The van der Waals surface area contributed by atoms with E-state index < -0.39 is 6.04 Å². The zero-order valence-electron chi connectivity index (χ0n) is 20.5. The van der Waals surface area contributed by atoms with E-state index in [9.17, 15) is 14.4 Å². The summed E-state index contributed by atoms with van der Waals surface area (Å²) in [7, 11) is 0. The molecular weight excluding hydrogens is 536 g/mol. The van der Waals surface area contributed by atoms with Crippen LogP contribution in [0.15, 0.2) is 93.8 Å². The van der Waals surface area contributed by atoms with Crippen LogP contribution in [-0.4, -0.2) is 43.1 Å². The third-order valence-electron chi connectivity index (χ3n) is 6.28. The highest BCUT2D eigenvalue weighted by atomic mass is 35.5. The summed E-state index contributed by atoms with van der Waals surface area (Å²) in [4.78, 5) is 54.2. The van der Waals surface area contributed by atoms with Gasteiger partial charge in [-0.15, -0.1) is 0 Å². The number of nitrogens with zero attached hydrogens (tertiary/aromatic N) is 5. The van der Waals surface area contributed by atoms with Gasteiger partial charge < -0.3 is 5.32 Å². The van der Waals surface area contributed by atoms with Gasteiger partial charge in [-0.3, -0.25) is 23.8 Å². The number of halogens is 1. The van der Waals surface area contributed by atoms with Crippen LogP contribution in [0.25, 0.3) is 5.65 Å². The number of carbonyl (C=O) groups excluding carboxylic acids is 2. The van der Waals surface area contributed by atoms with Crippen molar-refractivity contribution in [1.82, 2.24) is 19.6 Å². The lowest BCUT2D eigenvalue weighted by molar-refractivity contribution is -0.128. The van der Waals surface area contributed by atoms with Crippen molar-refractivity contribution < 1.29 is 9.59 Å². The number of aromatic nitrogens is 2. The van der Waals surface area contributed by atoms with Crippen LogP contribution in [-0.2, 0) is 21.9 Å². The van der Waals surface area contributed by atoms with E-state index in [1.54, 1.807) is 12.1 Å². The Morgan fingerprint density at radius 2 is 1.82 bits per heavy atom. The van der Waals surface area contributed by atoms with Crippen LogP contribution in [0.1, 0.15) is 23.2 Å². The molecule has 0 unspecified atom stereocenters. The molecule has 1 atom stereocenters. The van der Waals surface area contributed by atoms with Crippen molar-refractivity contribution >= 4 is 57.5 Å². The molecule has 0 saturated carbocycles. The molecule has 0 bridgehead atoms. The van der Waals surface area contributed by atoms with Gasteiger partial charge in [0.2, 0.25) is 5.91 Å². The standard InChI is InChI=1S/C28H21ClN6O3S/c29-18-10-11-23-31-19(12-25(37)34(23)15-18)16-39-28-33-21-9-5-4-8-20(21)26-32-22(27(38)35(26)28)13-24(36)30-14-17-6-2-1-3-7-17/h1-12,15,22H,13-14,16H2,(H,30,36)/t22-/m0/s1. The number of para-hydroxylation sites is 1. The molecule has 9 nitrogen and oxygen atoms in total. The maximum Gasteiger partial charge on any atom is 0.259 e. The van der Waals surface area contributed by atoms with Crippen LogP contribution in [0.5, 0.6) is 0 Å². The van der Waals surface area contributed by atoms with E-state index >= 15 is 0 Å². The molecule has 2 aromatic heterocycles. The second-order valence-corrected chi connectivity index (χ2v) is 10.3. The lowest BCUT2D eigenvalue weighted by Crippen LogP contribution is -2.42. The van der Waals surface area contributed by atoms with Gasteiger partial charge in [-0.05, 0) is 29.8 Å². The summed E-state index contributed by atoms with van der Waals surface area (Å²) in [6.07, 6.45) is 1.45. The zero-order valence-corrected chi connectivity index (χ0v) is 22.0. The van der Waals surface area contributed by atoms with Crippen molar-refractivity contribution in [3.05, 3.63) is 111 Å². The Morgan fingerprint density at radius 1 is 1.03 bits per heavy atom. The number of nitrogens with one attached hydrogen (secondary N) is 1. The van der Waals surface area contributed by atoms with Crippen LogP contribution in [0.2, 0.25) is 5.02 Å². The number of amidine groups is 2. The van der Waals surface area contributed by atoms with Crippen LogP contribution < -0.4 is 10.9 Å². The highest BCUT2D eigenvalue weighted by Gasteiger charge is 2.42. The predicted molar refractivity (Wildman–Crippen MR) is 151 cm³/mol. The third-order valence-corrected chi connectivity index (χ3v) is 7.48. The van der Waals surface area contributed by atoms with Gasteiger partial charge in [0.1, 0.15) is 17.5 Å². The van der Waals surface area contributed by atoms with E-state index in [-0.39, 0.29) is 23.8 Å². The Bertz CT molecular complexity index is 1740. The van der Waals surface area contributed by atoms with Crippen LogP contribution in [0, 0.1) is 0 Å². The van der Waals surface area contributed by atoms with Crippen LogP contribution in [0.3, 0.4) is 0 Å². The minimum Gasteiger partial charge on any atom is -0.352 e. The number of hydrogen-bond donors (Lipinski definition) is 1. The molecule has 2 aromatic carbocycles. The number of benzene rings is 2. The van der Waals surface area contributed by atoms with Gasteiger partial charge >= 0.3 is 0 Å². The molecule has 2 amide bonds. The molecule has 194 valence electrons. The minimum absolute atomic E-state index is 0.0721. The minimum atomic E-state index is -0.860. The lowest BCUT2D eigenvalue weighted by atomic mass is 10.1. The largest absolute Gasteiger partial charge is 0.352 e. The fourth-order valence-corrected chi connectivity index (χ4v) is 5.47. The van der Waals surface area contributed by atoms with E-state index in [1.165, 1.54) is 33.3 Å². The van der Waals surface area contributed by atoms with Gasteiger partial charge in [-0.25, -0.2) is 14.9 Å². The summed E-state index contributed by atoms with van der Waals surface area (Å²) >= 11 is 7.29. The summed E-state index contributed by atoms with van der Waals surface area (Å²) in [5, 5.41) is 3.72. The average molecular weight is 557 g/mol. The Labute approximate surface area is 232 Å². The number of hydrogen-bond acceptors (Lipinski definition) is 7. The number of carbonyl (C=O) groups is 2. The summed E-state index contributed by atoms with van der Waals surface area (Å²) in [5.41, 5.74) is 3.13. The lowest BCUT2D eigenvalue weighted by Gasteiger charge is -2.25. The summed E-state index contributed by atoms with van der Waals surface area (Å²) in [5.74, 6) is 0.188. The van der Waals surface area contributed by atoms with Crippen LogP contribution >= 0.6 is 23.4 Å². The summed E-state index contributed by atoms with van der Waals surface area (Å²) in [6.45, 7) is 0.372. The summed E-state index contributed by atoms with van der Waals surface area (Å²) in [6, 6.07) is 20.9. The number of aliphatic imine (C=N–C) groups is 2. The first-order chi connectivity index (χ1) is 19.0. The molecule has 0 spiro atoms. The molecule has 1 N–H and O–H groups in total. The second kappa shape index (κ2) is 10.5. The molecule has 6 rings (SSSR count). The first kappa shape index (κ1) is 25.0. The SMILES string of the molecule is O=C(C[C@@H]1N=C2c3ccccc3N=C(SCc3cc(=O)n4cc(Cl)ccc4n3)N2C1=O)NCc1ccccc1. The highest BCUT2D eigenvalue weighted by Crippen LogP contribution is 2.34. The number of fused-ring (bicyclic) bond motifs is 4. The first-order valence-corrected chi connectivity index (χ1v) is 13.5. The van der Waals surface area contributed by atoms with Gasteiger partial charge in [-0.2, -0.15) is 0 Å². The molecule has 2 aliphatic rings. The molecule has 0 radical (unpaired) electrons. The van der Waals surface area contributed by atoms with Gasteiger partial charge in [0.15, 0.2) is 5.17 Å². The quantitative estimate of drug-likeness (QED) is 0.387. The predicted octanol–water partition coefficient (Wildman–Crippen LogP) is 3.95. The van der Waals surface area contributed by atoms with Crippen molar-refractivity contribution in [3.8, 4) is 0 Å². The first-order valence-electron chi connectivity index (χ1n) is 12.2. The van der Waals surface area contributed by atoms with Gasteiger partial charge in [0.05, 0.1) is 22.8 Å². The van der Waals surface area contributed by atoms with E-state index in [4.69, 9.17) is 16.6 Å².